The third kappa shape index (κ3) is 4.39. The minimum absolute atomic E-state index is 0.300. The van der Waals surface area contributed by atoms with Crippen LogP contribution in [0.1, 0.15) is 5.56 Å². The van der Waals surface area contributed by atoms with Crippen molar-refractivity contribution >= 4 is 46.4 Å². The fourth-order valence-corrected chi connectivity index (χ4v) is 3.73. The van der Waals surface area contributed by atoms with Crippen LogP contribution in [0.3, 0.4) is 0 Å². The second-order valence-electron chi connectivity index (χ2n) is 6.39. The van der Waals surface area contributed by atoms with E-state index in [1.807, 2.05) is 36.4 Å². The smallest absolute Gasteiger partial charge is 0.228 e. The van der Waals surface area contributed by atoms with Gasteiger partial charge in [0, 0.05) is 31.9 Å². The molecule has 0 aliphatic carbocycles. The van der Waals surface area contributed by atoms with E-state index in [1.54, 1.807) is 36.4 Å². The Kier molecular flexibility index (Phi) is 5.87. The Balaban J connectivity index is 1.96. The Morgan fingerprint density at radius 3 is 1.97 bits per heavy atom. The van der Waals surface area contributed by atoms with Crippen molar-refractivity contribution < 1.29 is 0 Å². The first-order chi connectivity index (χ1) is 14.5. The number of nitriles is 1. The van der Waals surface area contributed by atoms with Gasteiger partial charge in [-0.1, -0.05) is 65.1 Å². The molecule has 146 valence electrons. The van der Waals surface area contributed by atoms with E-state index in [0.717, 1.165) is 5.69 Å². The normalized spacial score (nSPS) is 10.5. The minimum atomic E-state index is 0.300. The predicted molar refractivity (Wildman–Crippen MR) is 122 cm³/mol. The van der Waals surface area contributed by atoms with Crippen LogP contribution in [0.15, 0.2) is 72.8 Å². The van der Waals surface area contributed by atoms with Gasteiger partial charge in [-0.3, -0.25) is 0 Å². The summed E-state index contributed by atoms with van der Waals surface area (Å²) in [5.74, 6) is 0.335. The third-order valence-electron chi connectivity index (χ3n) is 4.28. The van der Waals surface area contributed by atoms with Gasteiger partial charge in [0.2, 0.25) is 5.95 Å². The number of aromatic nitrogens is 2. The van der Waals surface area contributed by atoms with Crippen molar-refractivity contribution in [3.63, 3.8) is 0 Å². The van der Waals surface area contributed by atoms with E-state index >= 15 is 0 Å². The molecular weight excluding hydrogens is 439 g/mol. The number of anilines is 2. The van der Waals surface area contributed by atoms with Crippen LogP contribution in [0, 0.1) is 11.3 Å². The van der Waals surface area contributed by atoms with E-state index in [0.29, 0.717) is 49.1 Å². The maximum Gasteiger partial charge on any atom is 0.228 e. The van der Waals surface area contributed by atoms with Gasteiger partial charge in [0.05, 0.1) is 11.4 Å². The highest BCUT2D eigenvalue weighted by Gasteiger charge is 2.19. The van der Waals surface area contributed by atoms with Gasteiger partial charge in [0.25, 0.3) is 0 Å². The lowest BCUT2D eigenvalue weighted by molar-refractivity contribution is 1.16. The number of benzene rings is 3. The maximum absolute atomic E-state index is 9.96. The molecule has 1 N–H and O–H groups in total. The van der Waals surface area contributed by atoms with E-state index in [2.05, 4.69) is 21.4 Å². The van der Waals surface area contributed by atoms with Crippen molar-refractivity contribution in [2.75, 3.05) is 5.32 Å². The molecule has 0 fully saturated rings. The Hall–Kier alpha value is -3.10. The van der Waals surface area contributed by atoms with Gasteiger partial charge < -0.3 is 5.32 Å². The van der Waals surface area contributed by atoms with Crippen LogP contribution >= 0.6 is 34.8 Å². The predicted octanol–water partition coefficient (Wildman–Crippen LogP) is 7.39. The molecular formula is C23H13Cl3N4. The minimum Gasteiger partial charge on any atom is -0.324 e. The zero-order chi connectivity index (χ0) is 21.1. The summed E-state index contributed by atoms with van der Waals surface area (Å²) in [5.41, 5.74) is 3.31. The van der Waals surface area contributed by atoms with Gasteiger partial charge in [0.15, 0.2) is 0 Å². The quantitative estimate of drug-likeness (QED) is 0.351. The average Bonchev–Trinajstić information content (AvgIpc) is 2.73. The van der Waals surface area contributed by atoms with Crippen LogP contribution in [0.4, 0.5) is 11.6 Å². The summed E-state index contributed by atoms with van der Waals surface area (Å²) in [6, 6.07) is 24.0. The molecule has 3 aromatic carbocycles. The molecule has 0 saturated carbocycles. The van der Waals surface area contributed by atoms with E-state index in [4.69, 9.17) is 34.8 Å². The third-order valence-corrected chi connectivity index (χ3v) is 4.96. The molecule has 4 aromatic rings. The highest BCUT2D eigenvalue weighted by molar-refractivity contribution is 6.35. The molecule has 4 rings (SSSR count). The molecule has 7 heteroatoms. The Morgan fingerprint density at radius 2 is 1.33 bits per heavy atom. The van der Waals surface area contributed by atoms with Crippen LogP contribution in [0.25, 0.3) is 22.5 Å². The van der Waals surface area contributed by atoms with E-state index in [1.165, 1.54) is 0 Å². The highest BCUT2D eigenvalue weighted by Crippen LogP contribution is 2.34. The van der Waals surface area contributed by atoms with Gasteiger partial charge >= 0.3 is 0 Å². The monoisotopic (exact) mass is 450 g/mol. The van der Waals surface area contributed by atoms with Crippen LogP contribution < -0.4 is 5.32 Å². The van der Waals surface area contributed by atoms with Crippen LogP contribution in [0.5, 0.6) is 0 Å². The van der Waals surface area contributed by atoms with E-state index in [9.17, 15) is 5.26 Å². The summed E-state index contributed by atoms with van der Waals surface area (Å²) < 4.78 is 0. The van der Waals surface area contributed by atoms with Crippen molar-refractivity contribution in [1.82, 2.24) is 9.97 Å². The summed E-state index contributed by atoms with van der Waals surface area (Å²) in [6.45, 7) is 0. The molecule has 0 radical (unpaired) electrons. The fraction of sp³-hybridized carbons (Fsp3) is 0. The summed E-state index contributed by atoms with van der Waals surface area (Å²) in [7, 11) is 0. The van der Waals surface area contributed by atoms with Crippen LogP contribution in [-0.2, 0) is 0 Å². The van der Waals surface area contributed by atoms with Gasteiger partial charge in [0.1, 0.15) is 11.6 Å². The number of hydrogen-bond acceptors (Lipinski definition) is 4. The summed E-state index contributed by atoms with van der Waals surface area (Å²) in [6.07, 6.45) is 0. The van der Waals surface area contributed by atoms with Crippen molar-refractivity contribution in [2.45, 2.75) is 0 Å². The molecule has 0 spiro atoms. The largest absolute Gasteiger partial charge is 0.324 e. The maximum atomic E-state index is 9.96. The topological polar surface area (TPSA) is 61.6 Å². The lowest BCUT2D eigenvalue weighted by Gasteiger charge is -2.13. The number of para-hydroxylation sites is 1. The van der Waals surface area contributed by atoms with Crippen molar-refractivity contribution in [3.8, 4) is 28.6 Å². The Morgan fingerprint density at radius 1 is 0.700 bits per heavy atom. The SMILES string of the molecule is N#Cc1c(-c2cccc(Cl)c2)nc(Nc2ccccc2)nc1-c1cc(Cl)cc(Cl)c1. The first kappa shape index (κ1) is 20.2. The Labute approximate surface area is 188 Å². The zero-order valence-corrected chi connectivity index (χ0v) is 17.7. The van der Waals surface area contributed by atoms with Crippen LogP contribution in [0.2, 0.25) is 15.1 Å². The standard InChI is InChI=1S/C23H13Cl3N4/c24-16-6-4-5-14(9-16)21-20(13-27)22(15-10-17(25)12-18(26)11-15)30-23(29-21)28-19-7-2-1-3-8-19/h1-12H,(H,28,29,30). The second-order valence-corrected chi connectivity index (χ2v) is 7.70. The van der Waals surface area contributed by atoms with Crippen LogP contribution in [-0.4, -0.2) is 9.97 Å². The number of nitrogens with one attached hydrogen (secondary N) is 1. The van der Waals surface area contributed by atoms with Gasteiger partial charge in [-0.15, -0.1) is 0 Å². The molecule has 4 nitrogen and oxygen atoms in total. The molecule has 0 amide bonds. The molecule has 0 saturated heterocycles. The summed E-state index contributed by atoms with van der Waals surface area (Å²) in [5, 5.41) is 14.6. The molecule has 0 aliphatic rings. The van der Waals surface area contributed by atoms with Crippen molar-refractivity contribution in [3.05, 3.63) is 93.4 Å². The molecule has 0 atom stereocenters. The van der Waals surface area contributed by atoms with Crippen molar-refractivity contribution in [2.24, 2.45) is 0 Å². The molecule has 0 unspecified atom stereocenters. The van der Waals surface area contributed by atoms with E-state index in [-0.39, 0.29) is 0 Å². The highest BCUT2D eigenvalue weighted by atomic mass is 35.5. The fourth-order valence-electron chi connectivity index (χ4n) is 3.02. The average molecular weight is 452 g/mol. The van der Waals surface area contributed by atoms with Gasteiger partial charge in [-0.2, -0.15) is 5.26 Å². The van der Waals surface area contributed by atoms with Gasteiger partial charge in [-0.05, 0) is 42.5 Å². The summed E-state index contributed by atoms with van der Waals surface area (Å²) >= 11 is 18.6. The van der Waals surface area contributed by atoms with Gasteiger partial charge in [-0.25, -0.2) is 9.97 Å². The van der Waals surface area contributed by atoms with Crippen molar-refractivity contribution in [1.29, 1.82) is 5.26 Å². The number of nitrogens with zero attached hydrogens (tertiary/aromatic N) is 3. The first-order valence-electron chi connectivity index (χ1n) is 8.90. The number of rotatable bonds is 4. The molecule has 1 aromatic heterocycles. The summed E-state index contributed by atoms with van der Waals surface area (Å²) in [4.78, 5) is 9.22. The second kappa shape index (κ2) is 8.73. The zero-order valence-electron chi connectivity index (χ0n) is 15.4. The lowest BCUT2D eigenvalue weighted by Crippen LogP contribution is -2.04. The Bertz CT molecular complexity index is 1250. The first-order valence-corrected chi connectivity index (χ1v) is 10.0. The molecule has 0 bridgehead atoms. The van der Waals surface area contributed by atoms with E-state index < -0.39 is 0 Å². The number of hydrogen-bond donors (Lipinski definition) is 1. The molecule has 1 heterocycles. The molecule has 30 heavy (non-hydrogen) atoms. The number of halogens is 3. The lowest BCUT2D eigenvalue weighted by atomic mass is 10.0. The molecule has 0 aliphatic heterocycles.